The van der Waals surface area contributed by atoms with E-state index in [0.717, 1.165) is 0 Å². The van der Waals surface area contributed by atoms with Gasteiger partial charge in [-0.05, 0) is 20.8 Å². The van der Waals surface area contributed by atoms with E-state index >= 15 is 0 Å². The Bertz CT molecular complexity index is 81.3. The molecule has 0 saturated heterocycles. The Hall–Kier alpha value is 0.594. The van der Waals surface area contributed by atoms with Crippen molar-refractivity contribution in [2.24, 2.45) is 0 Å². The second-order valence-corrected chi connectivity index (χ2v) is 1.98. The minimum atomic E-state index is -1.10. The molecule has 0 aromatic heterocycles. The van der Waals surface area contributed by atoms with Crippen molar-refractivity contribution >= 4 is 0 Å². The van der Waals surface area contributed by atoms with Crippen molar-refractivity contribution in [2.75, 3.05) is 19.8 Å². The van der Waals surface area contributed by atoms with Gasteiger partial charge < -0.3 is 14.2 Å². The predicted octanol–water partition coefficient (Wildman–Crippen LogP) is 1.58. The van der Waals surface area contributed by atoms with E-state index in [1.807, 2.05) is 20.8 Å². The first kappa shape index (κ1) is 15.1. The molecular weight excluding hydrogens is 192 g/mol. The van der Waals surface area contributed by atoms with Gasteiger partial charge >= 0.3 is 0 Å². The Morgan fingerprint density at radius 1 is 0.917 bits per heavy atom. The molecule has 0 amide bonds. The maximum atomic E-state index is 5.15. The van der Waals surface area contributed by atoms with Crippen LogP contribution in [-0.2, 0) is 35.9 Å². The van der Waals surface area contributed by atoms with Gasteiger partial charge in [-0.15, -0.1) is 0 Å². The average Bonchev–Trinajstić information content (AvgIpc) is 1.88. The summed E-state index contributed by atoms with van der Waals surface area (Å²) in [5.74, 6) is -1.10. The summed E-state index contributed by atoms with van der Waals surface area (Å²) in [6, 6.07) is 0. The Labute approximate surface area is 89.6 Å². The van der Waals surface area contributed by atoms with Crippen molar-refractivity contribution in [1.29, 1.82) is 0 Å². The van der Waals surface area contributed by atoms with Gasteiger partial charge in [0.1, 0.15) is 5.97 Å². The standard InChI is InChI=1S/C8H17O3.Ti/c1-5-9-8(4,10-6-2)11-7-3;/h4-7H2,1-3H3;/q-1;. The third kappa shape index (κ3) is 6.15. The van der Waals surface area contributed by atoms with Gasteiger partial charge in [0.15, 0.2) is 0 Å². The molecule has 0 unspecified atom stereocenters. The first-order valence-electron chi connectivity index (χ1n) is 3.95. The third-order valence-corrected chi connectivity index (χ3v) is 1.09. The third-order valence-electron chi connectivity index (χ3n) is 1.09. The van der Waals surface area contributed by atoms with Gasteiger partial charge in [0.25, 0.3) is 0 Å². The summed E-state index contributed by atoms with van der Waals surface area (Å²) in [5, 5.41) is 0. The van der Waals surface area contributed by atoms with Crippen LogP contribution in [0.5, 0.6) is 0 Å². The maximum absolute atomic E-state index is 5.15. The summed E-state index contributed by atoms with van der Waals surface area (Å²) in [6.07, 6.45) is 0. The summed E-state index contributed by atoms with van der Waals surface area (Å²) < 4.78 is 15.5. The van der Waals surface area contributed by atoms with Crippen molar-refractivity contribution in [3.8, 4) is 0 Å². The van der Waals surface area contributed by atoms with Crippen LogP contribution >= 0.6 is 0 Å². The van der Waals surface area contributed by atoms with Crippen LogP contribution in [0.2, 0.25) is 0 Å². The van der Waals surface area contributed by atoms with Gasteiger partial charge in [0.2, 0.25) is 0 Å². The smallest absolute Gasteiger partial charge is 0.146 e. The molecule has 12 heavy (non-hydrogen) atoms. The number of hydrogen-bond donors (Lipinski definition) is 0. The minimum Gasteiger partial charge on any atom is -0.355 e. The molecule has 0 aliphatic carbocycles. The van der Waals surface area contributed by atoms with Crippen LogP contribution in [0.25, 0.3) is 0 Å². The van der Waals surface area contributed by atoms with Crippen molar-refractivity contribution in [1.82, 2.24) is 0 Å². The Morgan fingerprint density at radius 3 is 1.33 bits per heavy atom. The number of ether oxygens (including phenoxy) is 3. The molecule has 0 atom stereocenters. The van der Waals surface area contributed by atoms with Crippen molar-refractivity contribution < 1.29 is 35.9 Å². The molecule has 3 nitrogen and oxygen atoms in total. The number of hydrogen-bond acceptors (Lipinski definition) is 3. The van der Waals surface area contributed by atoms with E-state index in [-0.39, 0.29) is 21.7 Å². The molecule has 0 aromatic carbocycles. The van der Waals surface area contributed by atoms with Gasteiger partial charge in [-0.25, -0.2) is 0 Å². The topological polar surface area (TPSA) is 27.7 Å². The normalized spacial score (nSPS) is 11.0. The fraction of sp³-hybridized carbons (Fsp3) is 0.875. The summed E-state index contributed by atoms with van der Waals surface area (Å²) in [7, 11) is 0. The van der Waals surface area contributed by atoms with Gasteiger partial charge in [-0.2, -0.15) is 0 Å². The summed E-state index contributed by atoms with van der Waals surface area (Å²) in [4.78, 5) is 0. The van der Waals surface area contributed by atoms with Crippen LogP contribution in [0.4, 0.5) is 0 Å². The summed E-state index contributed by atoms with van der Waals surface area (Å²) in [6.45, 7) is 10.9. The Kier molecular flexibility index (Phi) is 10.3. The maximum Gasteiger partial charge on any atom is 0.146 e. The Balaban J connectivity index is 0. The first-order valence-corrected chi connectivity index (χ1v) is 3.95. The zero-order valence-electron chi connectivity index (χ0n) is 8.05. The van der Waals surface area contributed by atoms with E-state index in [1.54, 1.807) is 0 Å². The van der Waals surface area contributed by atoms with E-state index < -0.39 is 5.97 Å². The molecule has 72 valence electrons. The zero-order valence-corrected chi connectivity index (χ0v) is 9.61. The van der Waals surface area contributed by atoms with Crippen LogP contribution in [0.3, 0.4) is 0 Å². The van der Waals surface area contributed by atoms with E-state index in [2.05, 4.69) is 6.92 Å². The van der Waals surface area contributed by atoms with E-state index in [0.29, 0.717) is 19.8 Å². The quantitative estimate of drug-likeness (QED) is 0.377. The second kappa shape index (κ2) is 8.20. The van der Waals surface area contributed by atoms with E-state index in [1.165, 1.54) is 0 Å². The first-order chi connectivity index (χ1) is 5.18. The molecule has 0 aromatic rings. The molecule has 0 rings (SSSR count). The minimum absolute atomic E-state index is 0. The summed E-state index contributed by atoms with van der Waals surface area (Å²) >= 11 is 0. The number of rotatable bonds is 6. The molecule has 4 heteroatoms. The molecule has 0 N–H and O–H groups in total. The van der Waals surface area contributed by atoms with Gasteiger partial charge in [-0.3, -0.25) is 6.92 Å². The second-order valence-electron chi connectivity index (χ2n) is 1.98. The van der Waals surface area contributed by atoms with Crippen LogP contribution in [0, 0.1) is 6.92 Å². The van der Waals surface area contributed by atoms with Crippen LogP contribution in [0.15, 0.2) is 0 Å². The molecule has 0 spiro atoms. The molecule has 0 aliphatic heterocycles. The molecule has 0 aliphatic rings. The van der Waals surface area contributed by atoms with Crippen molar-refractivity contribution in [3.05, 3.63) is 6.92 Å². The van der Waals surface area contributed by atoms with Crippen molar-refractivity contribution in [2.45, 2.75) is 26.7 Å². The SMILES string of the molecule is [CH2-]C(OCC)(OCC)OCC.[Ti]. The van der Waals surface area contributed by atoms with Gasteiger partial charge in [-0.1, -0.05) is 0 Å². The van der Waals surface area contributed by atoms with E-state index in [9.17, 15) is 0 Å². The van der Waals surface area contributed by atoms with Crippen LogP contribution in [0.1, 0.15) is 20.8 Å². The van der Waals surface area contributed by atoms with Gasteiger partial charge in [0.05, 0.1) is 0 Å². The zero-order chi connectivity index (χ0) is 8.74. The van der Waals surface area contributed by atoms with Gasteiger partial charge in [0, 0.05) is 41.5 Å². The van der Waals surface area contributed by atoms with E-state index in [4.69, 9.17) is 14.2 Å². The van der Waals surface area contributed by atoms with Crippen LogP contribution in [-0.4, -0.2) is 25.8 Å². The molecule has 0 fully saturated rings. The molecule has 0 saturated carbocycles. The Morgan fingerprint density at radius 2 is 1.17 bits per heavy atom. The van der Waals surface area contributed by atoms with Crippen molar-refractivity contribution in [3.63, 3.8) is 0 Å². The summed E-state index contributed by atoms with van der Waals surface area (Å²) in [5.41, 5.74) is 0. The monoisotopic (exact) mass is 209 g/mol. The predicted molar refractivity (Wildman–Crippen MR) is 43.0 cm³/mol. The molecule has 0 radical (unpaired) electrons. The largest absolute Gasteiger partial charge is 0.355 e. The average molecular weight is 209 g/mol. The molecule has 0 bridgehead atoms. The molecular formula is C8H17O3Ti-. The fourth-order valence-electron chi connectivity index (χ4n) is 0.785. The van der Waals surface area contributed by atoms with Crippen LogP contribution < -0.4 is 0 Å². The fourth-order valence-corrected chi connectivity index (χ4v) is 0.785. The molecule has 0 heterocycles.